The first-order valence-corrected chi connectivity index (χ1v) is 13.7. The van der Waals surface area contributed by atoms with Crippen molar-refractivity contribution in [3.63, 3.8) is 0 Å². The van der Waals surface area contributed by atoms with Crippen LogP contribution in [0.4, 0.5) is 4.79 Å². The summed E-state index contributed by atoms with van der Waals surface area (Å²) in [4.78, 5) is 58.1. The molecular formula is C31H34N4O7. The number of amides is 3. The van der Waals surface area contributed by atoms with Crippen molar-refractivity contribution in [3.8, 4) is 28.1 Å². The van der Waals surface area contributed by atoms with Crippen LogP contribution in [0.15, 0.2) is 66.7 Å². The average Bonchev–Trinajstić information content (AvgIpc) is 3.03. The molecule has 2 N–H and O–H groups in total. The molecule has 2 heterocycles. The normalized spacial score (nSPS) is 13.7. The van der Waals surface area contributed by atoms with Gasteiger partial charge in [-0.3, -0.25) is 14.4 Å². The Kier molecular flexibility index (Phi) is 10.1. The molecule has 0 bridgehead atoms. The Morgan fingerprint density at radius 3 is 2.19 bits per heavy atom. The summed E-state index contributed by atoms with van der Waals surface area (Å²) in [5, 5.41) is 12.0. The number of pyridine rings is 1. The molecule has 0 unspecified atom stereocenters. The van der Waals surface area contributed by atoms with Crippen LogP contribution in [0.3, 0.4) is 0 Å². The van der Waals surface area contributed by atoms with Crippen LogP contribution >= 0.6 is 0 Å². The van der Waals surface area contributed by atoms with E-state index in [0.717, 1.165) is 16.7 Å². The molecular weight excluding hydrogens is 540 g/mol. The number of rotatable bonds is 10. The average molecular weight is 575 g/mol. The van der Waals surface area contributed by atoms with Gasteiger partial charge < -0.3 is 29.7 Å². The summed E-state index contributed by atoms with van der Waals surface area (Å²) in [6.07, 6.45) is -0.854. The van der Waals surface area contributed by atoms with Crippen molar-refractivity contribution in [2.45, 2.75) is 25.8 Å². The minimum Gasteiger partial charge on any atom is -0.497 e. The van der Waals surface area contributed by atoms with Gasteiger partial charge in [0.25, 0.3) is 5.91 Å². The van der Waals surface area contributed by atoms with Crippen molar-refractivity contribution in [1.29, 1.82) is 0 Å². The van der Waals surface area contributed by atoms with E-state index in [1.54, 1.807) is 20.1 Å². The molecule has 2 aromatic carbocycles. The number of piperazine rings is 1. The minimum atomic E-state index is -1.09. The lowest BCUT2D eigenvalue weighted by Crippen LogP contribution is -2.56. The van der Waals surface area contributed by atoms with E-state index in [0.29, 0.717) is 11.4 Å². The number of nitrogens with zero attached hydrogens (tertiary/aromatic N) is 3. The Bertz CT molecular complexity index is 1400. The van der Waals surface area contributed by atoms with Crippen molar-refractivity contribution in [3.05, 3.63) is 72.4 Å². The first kappa shape index (κ1) is 30.0. The molecule has 1 atom stereocenters. The van der Waals surface area contributed by atoms with Crippen molar-refractivity contribution < 1.29 is 33.8 Å². The van der Waals surface area contributed by atoms with E-state index in [-0.39, 0.29) is 51.3 Å². The Hall–Kier alpha value is -4.93. The molecule has 1 aliphatic heterocycles. The highest BCUT2D eigenvalue weighted by Gasteiger charge is 2.31. The first-order valence-electron chi connectivity index (χ1n) is 13.7. The molecule has 1 saturated heterocycles. The Labute approximate surface area is 244 Å². The van der Waals surface area contributed by atoms with Gasteiger partial charge in [-0.1, -0.05) is 42.5 Å². The standard InChI is InChI=1S/C31H34N4O7/c1-3-42-31(40)35-17-15-34(16-18-35)30(39)25(13-14-28(36)37)33-29(38)27-20-23(21-9-11-24(41-2)12-10-21)19-26(32-27)22-7-5-4-6-8-22/h4-12,19-20,25H,3,13-18H2,1-2H3,(H,33,38)(H,36,37)/t25-/m0/s1. The zero-order valence-electron chi connectivity index (χ0n) is 23.6. The number of carboxylic acid groups (broad SMARTS) is 1. The van der Waals surface area contributed by atoms with Gasteiger partial charge in [0.05, 0.1) is 19.4 Å². The highest BCUT2D eigenvalue weighted by Crippen LogP contribution is 2.28. The van der Waals surface area contributed by atoms with Gasteiger partial charge >= 0.3 is 12.1 Å². The largest absolute Gasteiger partial charge is 0.497 e. The number of aromatic nitrogens is 1. The van der Waals surface area contributed by atoms with E-state index >= 15 is 0 Å². The summed E-state index contributed by atoms with van der Waals surface area (Å²) < 4.78 is 10.3. The van der Waals surface area contributed by atoms with Crippen LogP contribution < -0.4 is 10.1 Å². The molecule has 3 aromatic rings. The molecule has 1 aliphatic rings. The predicted octanol–water partition coefficient (Wildman–Crippen LogP) is 3.69. The third kappa shape index (κ3) is 7.62. The fraction of sp³-hybridized carbons (Fsp3) is 0.323. The second-order valence-electron chi connectivity index (χ2n) is 9.69. The number of carbonyl (C=O) groups excluding carboxylic acids is 3. The maximum Gasteiger partial charge on any atom is 0.409 e. The van der Waals surface area contributed by atoms with E-state index in [4.69, 9.17) is 9.47 Å². The van der Waals surface area contributed by atoms with Gasteiger partial charge in [-0.05, 0) is 48.7 Å². The fourth-order valence-electron chi connectivity index (χ4n) is 4.66. The summed E-state index contributed by atoms with van der Waals surface area (Å²) in [5.74, 6) is -1.41. The first-order chi connectivity index (χ1) is 20.3. The Morgan fingerprint density at radius 1 is 0.905 bits per heavy atom. The molecule has 0 radical (unpaired) electrons. The van der Waals surface area contributed by atoms with Crippen LogP contribution in [-0.2, 0) is 14.3 Å². The number of carboxylic acids is 1. The smallest absolute Gasteiger partial charge is 0.409 e. The molecule has 0 spiro atoms. The third-order valence-electron chi connectivity index (χ3n) is 6.92. The molecule has 11 heteroatoms. The molecule has 0 saturated carbocycles. The van der Waals surface area contributed by atoms with Gasteiger partial charge in [-0.2, -0.15) is 0 Å². The number of aliphatic carboxylic acids is 1. The number of nitrogens with one attached hydrogen (secondary N) is 1. The van der Waals surface area contributed by atoms with Gasteiger partial charge in [-0.25, -0.2) is 9.78 Å². The molecule has 42 heavy (non-hydrogen) atoms. The lowest BCUT2D eigenvalue weighted by atomic mass is 10.0. The van der Waals surface area contributed by atoms with Gasteiger partial charge in [-0.15, -0.1) is 0 Å². The summed E-state index contributed by atoms with van der Waals surface area (Å²) in [6, 6.07) is 19.2. The fourth-order valence-corrected chi connectivity index (χ4v) is 4.66. The predicted molar refractivity (Wildman–Crippen MR) is 155 cm³/mol. The SMILES string of the molecule is CCOC(=O)N1CCN(C(=O)[C@H](CCC(=O)O)NC(=O)c2cc(-c3ccc(OC)cc3)cc(-c3ccccc3)n2)CC1. The number of hydrogen-bond acceptors (Lipinski definition) is 7. The molecule has 1 fully saturated rings. The second-order valence-corrected chi connectivity index (χ2v) is 9.69. The summed E-state index contributed by atoms with van der Waals surface area (Å²) in [7, 11) is 1.58. The second kappa shape index (κ2) is 14.1. The zero-order chi connectivity index (χ0) is 30.1. The highest BCUT2D eigenvalue weighted by molar-refractivity contribution is 5.98. The zero-order valence-corrected chi connectivity index (χ0v) is 23.6. The van der Waals surface area contributed by atoms with Crippen molar-refractivity contribution >= 4 is 23.9 Å². The van der Waals surface area contributed by atoms with Crippen molar-refractivity contribution in [2.24, 2.45) is 0 Å². The lowest BCUT2D eigenvalue weighted by molar-refractivity contribution is -0.138. The Balaban J connectivity index is 1.59. The number of ether oxygens (including phenoxy) is 2. The van der Waals surface area contributed by atoms with Crippen LogP contribution in [0.2, 0.25) is 0 Å². The summed E-state index contributed by atoms with van der Waals surface area (Å²) in [6.45, 7) is 2.99. The van der Waals surface area contributed by atoms with E-state index in [1.807, 2.05) is 60.7 Å². The van der Waals surface area contributed by atoms with Crippen LogP contribution in [0.25, 0.3) is 22.4 Å². The van der Waals surface area contributed by atoms with E-state index in [1.165, 1.54) is 9.80 Å². The van der Waals surface area contributed by atoms with Gasteiger partial charge in [0.15, 0.2) is 0 Å². The number of carbonyl (C=O) groups is 4. The van der Waals surface area contributed by atoms with E-state index in [9.17, 15) is 24.3 Å². The monoisotopic (exact) mass is 574 g/mol. The van der Waals surface area contributed by atoms with Gasteiger partial charge in [0.1, 0.15) is 17.5 Å². The summed E-state index contributed by atoms with van der Waals surface area (Å²) >= 11 is 0. The quantitative estimate of drug-likeness (QED) is 0.374. The lowest BCUT2D eigenvalue weighted by Gasteiger charge is -2.35. The molecule has 0 aliphatic carbocycles. The van der Waals surface area contributed by atoms with E-state index in [2.05, 4.69) is 10.3 Å². The molecule has 4 rings (SSSR count). The van der Waals surface area contributed by atoms with Crippen LogP contribution in [0, 0.1) is 0 Å². The van der Waals surface area contributed by atoms with E-state index < -0.39 is 29.9 Å². The van der Waals surface area contributed by atoms with Crippen LogP contribution in [-0.4, -0.2) is 89.7 Å². The molecule has 1 aromatic heterocycles. The number of benzene rings is 2. The molecule has 3 amide bonds. The highest BCUT2D eigenvalue weighted by atomic mass is 16.6. The maximum atomic E-state index is 13.6. The third-order valence-corrected chi connectivity index (χ3v) is 6.92. The number of hydrogen-bond donors (Lipinski definition) is 2. The topological polar surface area (TPSA) is 138 Å². The summed E-state index contributed by atoms with van der Waals surface area (Å²) in [5.41, 5.74) is 3.03. The maximum absolute atomic E-state index is 13.6. The Morgan fingerprint density at radius 2 is 1.57 bits per heavy atom. The minimum absolute atomic E-state index is 0.0856. The van der Waals surface area contributed by atoms with Gasteiger partial charge in [0.2, 0.25) is 5.91 Å². The molecule has 11 nitrogen and oxygen atoms in total. The van der Waals surface area contributed by atoms with Crippen LogP contribution in [0.1, 0.15) is 30.3 Å². The van der Waals surface area contributed by atoms with Crippen LogP contribution in [0.5, 0.6) is 5.75 Å². The van der Waals surface area contributed by atoms with Crippen molar-refractivity contribution in [2.75, 3.05) is 39.9 Å². The number of methoxy groups -OCH3 is 1. The van der Waals surface area contributed by atoms with Crippen molar-refractivity contribution in [1.82, 2.24) is 20.1 Å². The van der Waals surface area contributed by atoms with Gasteiger partial charge in [0, 0.05) is 38.2 Å². The molecule has 220 valence electrons.